The summed E-state index contributed by atoms with van der Waals surface area (Å²) in [6.45, 7) is 1.92. The molecule has 76 valence electrons. The summed E-state index contributed by atoms with van der Waals surface area (Å²) in [6.07, 6.45) is 5.07. The van der Waals surface area contributed by atoms with Crippen molar-refractivity contribution >= 4 is 0 Å². The van der Waals surface area contributed by atoms with Crippen molar-refractivity contribution in [2.75, 3.05) is 13.2 Å². The molecule has 0 amide bonds. The Hall–Kier alpha value is -0.820. The van der Waals surface area contributed by atoms with Gasteiger partial charge in [0.1, 0.15) is 0 Å². The Kier molecular flexibility index (Phi) is 3.58. The lowest BCUT2D eigenvalue weighted by Gasteiger charge is -2.02. The van der Waals surface area contributed by atoms with Crippen LogP contribution in [0.1, 0.15) is 24.8 Å². The third-order valence-corrected chi connectivity index (χ3v) is 2.65. The third kappa shape index (κ3) is 3.51. The average Bonchev–Trinajstić information content (AvgIpc) is 3.03. The molecule has 1 nitrogen and oxygen atoms in total. The van der Waals surface area contributed by atoms with Gasteiger partial charge in [0.05, 0.1) is 0 Å². The summed E-state index contributed by atoms with van der Waals surface area (Å²) in [5, 5.41) is 0. The minimum absolute atomic E-state index is 0.895. The van der Waals surface area contributed by atoms with Crippen LogP contribution in [0.25, 0.3) is 0 Å². The Balaban J connectivity index is 1.54. The summed E-state index contributed by atoms with van der Waals surface area (Å²) >= 11 is 0. The van der Waals surface area contributed by atoms with Gasteiger partial charge in [-0.1, -0.05) is 30.3 Å². The van der Waals surface area contributed by atoms with Crippen LogP contribution in [0.15, 0.2) is 30.3 Å². The van der Waals surface area contributed by atoms with Gasteiger partial charge in [0.2, 0.25) is 0 Å². The topological polar surface area (TPSA) is 9.23 Å². The van der Waals surface area contributed by atoms with Crippen LogP contribution in [0.3, 0.4) is 0 Å². The molecule has 0 N–H and O–H groups in total. The molecule has 0 bridgehead atoms. The van der Waals surface area contributed by atoms with Crippen LogP contribution in [-0.4, -0.2) is 13.2 Å². The van der Waals surface area contributed by atoms with Crippen LogP contribution in [0.5, 0.6) is 0 Å². The van der Waals surface area contributed by atoms with Gasteiger partial charge in [-0.25, -0.2) is 0 Å². The van der Waals surface area contributed by atoms with Crippen molar-refractivity contribution in [3.05, 3.63) is 35.9 Å². The second-order valence-corrected chi connectivity index (χ2v) is 4.11. The lowest BCUT2D eigenvalue weighted by atomic mass is 10.1. The maximum absolute atomic E-state index is 5.58. The molecule has 1 saturated carbocycles. The van der Waals surface area contributed by atoms with E-state index < -0.39 is 0 Å². The van der Waals surface area contributed by atoms with Crippen LogP contribution in [0.4, 0.5) is 0 Å². The number of aryl methyl sites for hydroxylation is 1. The van der Waals surface area contributed by atoms with E-state index >= 15 is 0 Å². The molecule has 0 spiro atoms. The maximum atomic E-state index is 5.58. The van der Waals surface area contributed by atoms with Gasteiger partial charge in [-0.05, 0) is 37.2 Å². The first-order valence-corrected chi connectivity index (χ1v) is 5.57. The van der Waals surface area contributed by atoms with Crippen molar-refractivity contribution in [1.29, 1.82) is 0 Å². The van der Waals surface area contributed by atoms with Crippen LogP contribution in [0.2, 0.25) is 0 Å². The molecule has 1 aromatic rings. The summed E-state index contributed by atoms with van der Waals surface area (Å²) < 4.78 is 5.58. The molecule has 0 saturated heterocycles. The lowest BCUT2D eigenvalue weighted by molar-refractivity contribution is 0.122. The fourth-order valence-electron chi connectivity index (χ4n) is 1.56. The summed E-state index contributed by atoms with van der Waals surface area (Å²) in [6, 6.07) is 10.6. The second kappa shape index (κ2) is 5.16. The van der Waals surface area contributed by atoms with Gasteiger partial charge >= 0.3 is 0 Å². The van der Waals surface area contributed by atoms with Gasteiger partial charge in [-0.3, -0.25) is 0 Å². The van der Waals surface area contributed by atoms with Gasteiger partial charge in [-0.15, -0.1) is 0 Å². The Labute approximate surface area is 86.1 Å². The predicted octanol–water partition coefficient (Wildman–Crippen LogP) is 3.05. The lowest BCUT2D eigenvalue weighted by Crippen LogP contribution is -1.99. The minimum Gasteiger partial charge on any atom is -0.381 e. The van der Waals surface area contributed by atoms with Crippen LogP contribution >= 0.6 is 0 Å². The van der Waals surface area contributed by atoms with Crippen molar-refractivity contribution in [3.63, 3.8) is 0 Å². The van der Waals surface area contributed by atoms with Crippen molar-refractivity contribution in [1.82, 2.24) is 0 Å². The van der Waals surface area contributed by atoms with E-state index in [9.17, 15) is 0 Å². The van der Waals surface area contributed by atoms with Gasteiger partial charge in [0.15, 0.2) is 0 Å². The molecule has 14 heavy (non-hydrogen) atoms. The predicted molar refractivity (Wildman–Crippen MR) is 58.3 cm³/mol. The van der Waals surface area contributed by atoms with E-state index in [-0.39, 0.29) is 0 Å². The molecule has 1 aliphatic carbocycles. The van der Waals surface area contributed by atoms with E-state index in [1.165, 1.54) is 18.4 Å². The van der Waals surface area contributed by atoms with Crippen LogP contribution < -0.4 is 0 Å². The Morgan fingerprint density at radius 1 is 1.14 bits per heavy atom. The van der Waals surface area contributed by atoms with Gasteiger partial charge in [0.25, 0.3) is 0 Å². The third-order valence-electron chi connectivity index (χ3n) is 2.65. The molecule has 1 heteroatoms. The first-order valence-electron chi connectivity index (χ1n) is 5.57. The molecule has 0 unspecified atom stereocenters. The van der Waals surface area contributed by atoms with Gasteiger partial charge in [0, 0.05) is 13.2 Å². The number of hydrogen-bond acceptors (Lipinski definition) is 1. The summed E-state index contributed by atoms with van der Waals surface area (Å²) in [4.78, 5) is 0. The summed E-state index contributed by atoms with van der Waals surface area (Å²) in [7, 11) is 0. The molecule has 0 heterocycles. The highest BCUT2D eigenvalue weighted by molar-refractivity contribution is 5.14. The first-order chi connectivity index (χ1) is 6.95. The smallest absolute Gasteiger partial charge is 0.0494 e. The molecule has 1 fully saturated rings. The average molecular weight is 190 g/mol. The highest BCUT2D eigenvalue weighted by atomic mass is 16.5. The summed E-state index contributed by atoms with van der Waals surface area (Å²) in [5.41, 5.74) is 1.42. The van der Waals surface area contributed by atoms with Crippen molar-refractivity contribution in [3.8, 4) is 0 Å². The van der Waals surface area contributed by atoms with Crippen molar-refractivity contribution in [2.24, 2.45) is 5.92 Å². The molecule has 0 aliphatic heterocycles. The largest absolute Gasteiger partial charge is 0.381 e. The standard InChI is InChI=1S/C13H18O/c1-2-5-12(6-3-1)7-4-10-14-11-13-8-9-13/h1-3,5-6,13H,4,7-11H2. The molecule has 1 aromatic carbocycles. The maximum Gasteiger partial charge on any atom is 0.0494 e. The monoisotopic (exact) mass is 190 g/mol. The zero-order valence-corrected chi connectivity index (χ0v) is 8.61. The summed E-state index contributed by atoms with van der Waals surface area (Å²) in [5.74, 6) is 0.895. The molecule has 0 aromatic heterocycles. The van der Waals surface area contributed by atoms with Crippen molar-refractivity contribution in [2.45, 2.75) is 25.7 Å². The van der Waals surface area contributed by atoms with E-state index in [0.29, 0.717) is 0 Å². The van der Waals surface area contributed by atoms with Crippen molar-refractivity contribution < 1.29 is 4.74 Å². The van der Waals surface area contributed by atoms with E-state index in [0.717, 1.165) is 32.0 Å². The SMILES string of the molecule is c1ccc(CCCOCC2CC2)cc1. The molecular weight excluding hydrogens is 172 g/mol. The van der Waals surface area contributed by atoms with E-state index in [4.69, 9.17) is 4.74 Å². The van der Waals surface area contributed by atoms with Crippen LogP contribution in [-0.2, 0) is 11.2 Å². The molecule has 2 rings (SSSR count). The normalized spacial score (nSPS) is 15.7. The highest BCUT2D eigenvalue weighted by Gasteiger charge is 2.20. The van der Waals surface area contributed by atoms with E-state index in [1.807, 2.05) is 0 Å². The molecular formula is C13H18O. The number of rotatable bonds is 6. The number of ether oxygens (including phenoxy) is 1. The zero-order chi connectivity index (χ0) is 9.64. The van der Waals surface area contributed by atoms with Crippen LogP contribution in [0, 0.1) is 5.92 Å². The zero-order valence-electron chi connectivity index (χ0n) is 8.61. The first kappa shape index (κ1) is 9.72. The second-order valence-electron chi connectivity index (χ2n) is 4.11. The highest BCUT2D eigenvalue weighted by Crippen LogP contribution is 2.28. The Morgan fingerprint density at radius 2 is 1.93 bits per heavy atom. The molecule has 1 aliphatic rings. The van der Waals surface area contributed by atoms with Gasteiger partial charge in [-0.2, -0.15) is 0 Å². The fourth-order valence-corrected chi connectivity index (χ4v) is 1.56. The van der Waals surface area contributed by atoms with E-state index in [1.54, 1.807) is 0 Å². The van der Waals surface area contributed by atoms with Gasteiger partial charge < -0.3 is 4.74 Å². The fraction of sp³-hybridized carbons (Fsp3) is 0.538. The minimum atomic E-state index is 0.895. The number of hydrogen-bond donors (Lipinski definition) is 0. The number of benzene rings is 1. The Morgan fingerprint density at radius 3 is 2.64 bits per heavy atom. The molecule has 0 radical (unpaired) electrons. The van der Waals surface area contributed by atoms with E-state index in [2.05, 4.69) is 30.3 Å². The molecule has 0 atom stereocenters. The quantitative estimate of drug-likeness (QED) is 0.626. The Bertz CT molecular complexity index is 251.